The highest BCUT2D eigenvalue weighted by Gasteiger charge is 2.31. The minimum absolute atomic E-state index is 0.244. The number of H-pyrrole nitrogens is 1. The fraction of sp³-hybridized carbons (Fsp3) is 0.250. The summed E-state index contributed by atoms with van der Waals surface area (Å²) in [6, 6.07) is 10.6. The van der Waals surface area contributed by atoms with Crippen molar-refractivity contribution in [2.45, 2.75) is 26.1 Å². The largest absolute Gasteiger partial charge is 0.416 e. The molecule has 2 heterocycles. The lowest BCUT2D eigenvalue weighted by Crippen LogP contribution is -2.35. The van der Waals surface area contributed by atoms with Gasteiger partial charge >= 0.3 is 6.18 Å². The van der Waals surface area contributed by atoms with Crippen molar-refractivity contribution in [2.24, 2.45) is 0 Å². The highest BCUT2D eigenvalue weighted by molar-refractivity contribution is 5.95. The third-order valence-electron chi connectivity index (χ3n) is 4.88. The van der Waals surface area contributed by atoms with Crippen LogP contribution in [0.25, 0.3) is 10.9 Å². The van der Waals surface area contributed by atoms with Crippen LogP contribution in [0.15, 0.2) is 42.5 Å². The number of nitrogens with zero attached hydrogens (tertiary/aromatic N) is 1. The number of aromatic amines is 1. The standard InChI is InChI=1S/C20H17F3N2O/c1-12-2-7-17-15(10-12)16-11-25(9-8-18(16)24-17)19(26)13-3-5-14(6-4-13)20(21,22)23/h2-7,10,24H,8-9,11H2,1H3. The molecule has 26 heavy (non-hydrogen) atoms. The van der Waals surface area contributed by atoms with Gasteiger partial charge in [0.25, 0.3) is 5.91 Å². The van der Waals surface area contributed by atoms with Crippen LogP contribution in [0.1, 0.15) is 32.7 Å². The van der Waals surface area contributed by atoms with E-state index < -0.39 is 11.7 Å². The van der Waals surface area contributed by atoms with Crippen LogP contribution in [-0.4, -0.2) is 22.3 Å². The molecule has 1 amide bonds. The summed E-state index contributed by atoms with van der Waals surface area (Å²) in [5.41, 5.74) is 3.94. The predicted molar refractivity (Wildman–Crippen MR) is 92.9 cm³/mol. The first-order valence-corrected chi connectivity index (χ1v) is 8.39. The fourth-order valence-electron chi connectivity index (χ4n) is 3.49. The van der Waals surface area contributed by atoms with Crippen molar-refractivity contribution < 1.29 is 18.0 Å². The van der Waals surface area contributed by atoms with Crippen LogP contribution in [0, 0.1) is 6.92 Å². The number of alkyl halides is 3. The smallest absolute Gasteiger partial charge is 0.358 e. The maximum Gasteiger partial charge on any atom is 0.416 e. The Balaban J connectivity index is 1.61. The number of benzene rings is 2. The van der Waals surface area contributed by atoms with Gasteiger partial charge in [-0.3, -0.25) is 4.79 Å². The van der Waals surface area contributed by atoms with Crippen molar-refractivity contribution in [2.75, 3.05) is 6.54 Å². The van der Waals surface area contributed by atoms with Gasteiger partial charge in [0, 0.05) is 47.2 Å². The van der Waals surface area contributed by atoms with Crippen molar-refractivity contribution in [1.82, 2.24) is 9.88 Å². The molecule has 0 saturated heterocycles. The lowest BCUT2D eigenvalue weighted by Gasteiger charge is -2.27. The first kappa shape index (κ1) is 16.7. The Morgan fingerprint density at radius 2 is 1.85 bits per heavy atom. The van der Waals surface area contributed by atoms with Gasteiger partial charge in [-0.1, -0.05) is 11.6 Å². The third kappa shape index (κ3) is 2.85. The van der Waals surface area contributed by atoms with Crippen molar-refractivity contribution in [3.8, 4) is 0 Å². The van der Waals surface area contributed by atoms with Gasteiger partial charge in [0.2, 0.25) is 0 Å². The van der Waals surface area contributed by atoms with Crippen LogP contribution in [0.2, 0.25) is 0 Å². The van der Waals surface area contributed by atoms with Crippen molar-refractivity contribution in [1.29, 1.82) is 0 Å². The second kappa shape index (κ2) is 5.90. The highest BCUT2D eigenvalue weighted by atomic mass is 19.4. The SMILES string of the molecule is Cc1ccc2[nH]c3c(c2c1)CN(C(=O)c1ccc(C(F)(F)F)cc1)CC3. The molecular weight excluding hydrogens is 341 g/mol. The maximum atomic E-state index is 12.7. The van der Waals surface area contributed by atoms with Gasteiger partial charge in [-0.05, 0) is 43.3 Å². The molecule has 0 fully saturated rings. The molecular formula is C20H17F3N2O. The third-order valence-corrected chi connectivity index (χ3v) is 4.88. The van der Waals surface area contributed by atoms with Crippen LogP contribution in [0.4, 0.5) is 13.2 Å². The molecule has 4 rings (SSSR count). The second-order valence-corrected chi connectivity index (χ2v) is 6.68. The van der Waals surface area contributed by atoms with Crippen LogP contribution in [0.5, 0.6) is 0 Å². The van der Waals surface area contributed by atoms with Gasteiger partial charge in [0.05, 0.1) is 5.56 Å². The Kier molecular flexibility index (Phi) is 3.79. The number of nitrogens with one attached hydrogen (secondary N) is 1. The molecule has 0 aliphatic carbocycles. The molecule has 0 unspecified atom stereocenters. The average molecular weight is 358 g/mol. The second-order valence-electron chi connectivity index (χ2n) is 6.68. The first-order chi connectivity index (χ1) is 12.3. The molecule has 3 aromatic rings. The maximum absolute atomic E-state index is 12.7. The van der Waals surface area contributed by atoms with Crippen molar-refractivity contribution >= 4 is 16.8 Å². The van der Waals surface area contributed by atoms with Crippen molar-refractivity contribution in [3.63, 3.8) is 0 Å². The van der Waals surface area contributed by atoms with E-state index in [0.717, 1.165) is 39.9 Å². The number of carbonyl (C=O) groups is 1. The number of amides is 1. The predicted octanol–water partition coefficient (Wildman–Crippen LogP) is 4.69. The van der Waals surface area contributed by atoms with Crippen LogP contribution in [-0.2, 0) is 19.1 Å². The summed E-state index contributed by atoms with van der Waals surface area (Å²) < 4.78 is 38.1. The van der Waals surface area contributed by atoms with Crippen LogP contribution < -0.4 is 0 Å². The molecule has 0 saturated carbocycles. The first-order valence-electron chi connectivity index (χ1n) is 8.39. The zero-order chi connectivity index (χ0) is 18.5. The molecule has 0 spiro atoms. The van der Waals surface area contributed by atoms with Gasteiger partial charge in [-0.2, -0.15) is 13.2 Å². The normalized spacial score (nSPS) is 14.5. The number of carbonyl (C=O) groups excluding carboxylic acids is 1. The molecule has 0 atom stereocenters. The van der Waals surface area contributed by atoms with E-state index in [4.69, 9.17) is 0 Å². The van der Waals surface area contributed by atoms with E-state index in [1.807, 2.05) is 19.1 Å². The summed E-state index contributed by atoms with van der Waals surface area (Å²) in [5, 5.41) is 1.10. The van der Waals surface area contributed by atoms with Crippen molar-refractivity contribution in [3.05, 3.63) is 70.4 Å². The molecule has 2 aromatic carbocycles. The molecule has 0 radical (unpaired) electrons. The van der Waals surface area contributed by atoms with E-state index in [2.05, 4.69) is 11.1 Å². The summed E-state index contributed by atoms with van der Waals surface area (Å²) in [6.07, 6.45) is -3.70. The van der Waals surface area contributed by atoms with Gasteiger partial charge in [-0.15, -0.1) is 0 Å². The Morgan fingerprint density at radius 1 is 1.12 bits per heavy atom. The minimum atomic E-state index is -4.40. The van der Waals surface area contributed by atoms with Gasteiger partial charge in [-0.25, -0.2) is 0 Å². The number of halogens is 3. The van der Waals surface area contributed by atoms with E-state index in [0.29, 0.717) is 19.5 Å². The van der Waals surface area contributed by atoms with Gasteiger partial charge < -0.3 is 9.88 Å². The van der Waals surface area contributed by atoms with Crippen LogP contribution in [0.3, 0.4) is 0 Å². The number of hydrogen-bond donors (Lipinski definition) is 1. The number of fused-ring (bicyclic) bond motifs is 3. The number of aromatic nitrogens is 1. The summed E-state index contributed by atoms with van der Waals surface area (Å²) in [5.74, 6) is -0.244. The Labute approximate surface area is 148 Å². The highest BCUT2D eigenvalue weighted by Crippen LogP contribution is 2.31. The Hall–Kier alpha value is -2.76. The van der Waals surface area contributed by atoms with E-state index in [9.17, 15) is 18.0 Å². The van der Waals surface area contributed by atoms with Crippen LogP contribution >= 0.6 is 0 Å². The Morgan fingerprint density at radius 3 is 2.54 bits per heavy atom. The number of rotatable bonds is 1. The van der Waals surface area contributed by atoms with E-state index >= 15 is 0 Å². The molecule has 134 valence electrons. The molecule has 6 heteroatoms. The Bertz CT molecular complexity index is 987. The molecule has 1 N–H and O–H groups in total. The number of hydrogen-bond acceptors (Lipinski definition) is 1. The average Bonchev–Trinajstić information content (AvgIpc) is 2.97. The summed E-state index contributed by atoms with van der Waals surface area (Å²) in [7, 11) is 0. The zero-order valence-corrected chi connectivity index (χ0v) is 14.2. The van der Waals surface area contributed by atoms with E-state index in [1.54, 1.807) is 4.90 Å². The fourth-order valence-corrected chi connectivity index (χ4v) is 3.49. The molecule has 1 aromatic heterocycles. The minimum Gasteiger partial charge on any atom is -0.358 e. The quantitative estimate of drug-likeness (QED) is 0.673. The molecule has 1 aliphatic heterocycles. The summed E-state index contributed by atoms with van der Waals surface area (Å²) >= 11 is 0. The lowest BCUT2D eigenvalue weighted by molar-refractivity contribution is -0.137. The van der Waals surface area contributed by atoms with E-state index in [-0.39, 0.29) is 11.5 Å². The topological polar surface area (TPSA) is 36.1 Å². The summed E-state index contributed by atoms with van der Waals surface area (Å²) in [6.45, 7) is 3.02. The van der Waals surface area contributed by atoms with Gasteiger partial charge in [0.1, 0.15) is 0 Å². The molecule has 3 nitrogen and oxygen atoms in total. The zero-order valence-electron chi connectivity index (χ0n) is 14.2. The molecule has 1 aliphatic rings. The monoisotopic (exact) mass is 358 g/mol. The number of aryl methyl sites for hydroxylation is 1. The van der Waals surface area contributed by atoms with E-state index in [1.165, 1.54) is 12.1 Å². The molecule has 0 bridgehead atoms. The summed E-state index contributed by atoms with van der Waals surface area (Å²) in [4.78, 5) is 17.8. The lowest BCUT2D eigenvalue weighted by atomic mass is 10.0. The van der Waals surface area contributed by atoms with Gasteiger partial charge in [0.15, 0.2) is 0 Å².